The molecule has 31 heavy (non-hydrogen) atoms. The Bertz CT molecular complexity index is 1240. The van der Waals surface area contributed by atoms with Crippen molar-refractivity contribution < 1.29 is 18.4 Å². The van der Waals surface area contributed by atoms with Crippen molar-refractivity contribution >= 4 is 28.5 Å². The van der Waals surface area contributed by atoms with E-state index in [2.05, 4.69) is 10.2 Å². The SMILES string of the molecule is COc1ccc2oc(C(=O)N(Cc3nnc(-c4ccccc4Cl)o3)C(C)C)c(C)c2c1. The molecule has 0 saturated carbocycles. The smallest absolute Gasteiger partial charge is 0.290 e. The third-order valence-electron chi connectivity index (χ3n) is 5.10. The number of nitrogens with zero attached hydrogens (tertiary/aromatic N) is 3. The van der Waals surface area contributed by atoms with Crippen molar-refractivity contribution in [2.45, 2.75) is 33.4 Å². The van der Waals surface area contributed by atoms with Gasteiger partial charge in [0.25, 0.3) is 5.91 Å². The van der Waals surface area contributed by atoms with Crippen LogP contribution in [-0.4, -0.2) is 34.2 Å². The van der Waals surface area contributed by atoms with Gasteiger partial charge in [-0.25, -0.2) is 0 Å². The van der Waals surface area contributed by atoms with E-state index in [0.717, 1.165) is 10.9 Å². The van der Waals surface area contributed by atoms with E-state index in [0.29, 0.717) is 33.7 Å². The fourth-order valence-corrected chi connectivity index (χ4v) is 3.57. The van der Waals surface area contributed by atoms with Crippen molar-refractivity contribution in [3.8, 4) is 17.2 Å². The standard InChI is InChI=1S/C23H22ClN3O4/c1-13(2)27(12-20-25-26-22(31-20)16-7-5-6-8-18(16)24)23(28)21-14(3)17-11-15(29-4)9-10-19(17)30-21/h5-11,13H,12H2,1-4H3. The Labute approximate surface area is 184 Å². The van der Waals surface area contributed by atoms with Crippen LogP contribution in [0.5, 0.6) is 5.75 Å². The number of carbonyl (C=O) groups is 1. The molecule has 1 amide bonds. The molecule has 0 unspecified atom stereocenters. The first-order chi connectivity index (χ1) is 14.9. The Morgan fingerprint density at radius 2 is 1.94 bits per heavy atom. The van der Waals surface area contributed by atoms with Crippen molar-refractivity contribution in [1.82, 2.24) is 15.1 Å². The molecule has 0 saturated heterocycles. The zero-order chi connectivity index (χ0) is 22.1. The summed E-state index contributed by atoms with van der Waals surface area (Å²) in [4.78, 5) is 15.0. The second-order valence-electron chi connectivity index (χ2n) is 7.43. The van der Waals surface area contributed by atoms with Gasteiger partial charge in [-0.1, -0.05) is 23.7 Å². The molecule has 8 heteroatoms. The van der Waals surface area contributed by atoms with E-state index >= 15 is 0 Å². The van der Waals surface area contributed by atoms with E-state index in [9.17, 15) is 4.79 Å². The summed E-state index contributed by atoms with van der Waals surface area (Å²) >= 11 is 6.22. The Morgan fingerprint density at radius 1 is 1.16 bits per heavy atom. The fraction of sp³-hybridized carbons (Fsp3) is 0.261. The molecule has 2 heterocycles. The Hall–Kier alpha value is -3.32. The zero-order valence-electron chi connectivity index (χ0n) is 17.7. The highest BCUT2D eigenvalue weighted by Gasteiger charge is 2.27. The molecule has 2 aromatic carbocycles. The molecule has 0 N–H and O–H groups in total. The number of carbonyl (C=O) groups excluding carboxylic acids is 1. The molecule has 4 rings (SSSR count). The van der Waals surface area contributed by atoms with Crippen LogP contribution in [0, 0.1) is 6.92 Å². The summed E-state index contributed by atoms with van der Waals surface area (Å²) in [6, 6.07) is 12.6. The average molecular weight is 440 g/mol. The lowest BCUT2D eigenvalue weighted by Crippen LogP contribution is -2.36. The van der Waals surface area contributed by atoms with Gasteiger partial charge in [-0.3, -0.25) is 4.79 Å². The summed E-state index contributed by atoms with van der Waals surface area (Å²) < 4.78 is 17.0. The summed E-state index contributed by atoms with van der Waals surface area (Å²) in [6.45, 7) is 5.85. The Balaban J connectivity index is 1.63. The topological polar surface area (TPSA) is 81.6 Å². The highest BCUT2D eigenvalue weighted by Crippen LogP contribution is 2.31. The van der Waals surface area contributed by atoms with Crippen molar-refractivity contribution in [1.29, 1.82) is 0 Å². The third-order valence-corrected chi connectivity index (χ3v) is 5.43. The second-order valence-corrected chi connectivity index (χ2v) is 7.83. The molecule has 0 radical (unpaired) electrons. The van der Waals surface area contributed by atoms with E-state index in [4.69, 9.17) is 25.2 Å². The number of ether oxygens (including phenoxy) is 1. The number of aromatic nitrogens is 2. The maximum atomic E-state index is 13.4. The predicted octanol–water partition coefficient (Wildman–Crippen LogP) is 5.50. The van der Waals surface area contributed by atoms with Gasteiger partial charge in [0.05, 0.1) is 24.2 Å². The monoisotopic (exact) mass is 439 g/mol. The summed E-state index contributed by atoms with van der Waals surface area (Å²) in [5, 5.41) is 9.54. The number of furan rings is 1. The van der Waals surface area contributed by atoms with E-state index < -0.39 is 0 Å². The fourth-order valence-electron chi connectivity index (χ4n) is 3.36. The van der Waals surface area contributed by atoms with Crippen LogP contribution in [0.3, 0.4) is 0 Å². The van der Waals surface area contributed by atoms with Gasteiger partial charge in [0.1, 0.15) is 11.3 Å². The minimum atomic E-state index is -0.250. The van der Waals surface area contributed by atoms with Crippen LogP contribution >= 0.6 is 11.6 Å². The minimum absolute atomic E-state index is 0.120. The van der Waals surface area contributed by atoms with E-state index in [1.807, 2.05) is 39.0 Å². The molecule has 0 atom stereocenters. The number of hydrogen-bond donors (Lipinski definition) is 0. The summed E-state index contributed by atoms with van der Waals surface area (Å²) in [5.74, 6) is 1.35. The molecular formula is C23H22ClN3O4. The molecule has 0 aliphatic heterocycles. The van der Waals surface area contributed by atoms with Crippen LogP contribution in [0.1, 0.15) is 35.9 Å². The van der Waals surface area contributed by atoms with Gasteiger partial charge < -0.3 is 18.5 Å². The normalized spacial score (nSPS) is 11.3. The number of fused-ring (bicyclic) bond motifs is 1. The first-order valence-electron chi connectivity index (χ1n) is 9.84. The quantitative estimate of drug-likeness (QED) is 0.394. The summed E-state index contributed by atoms with van der Waals surface area (Å²) in [7, 11) is 1.60. The first kappa shape index (κ1) is 20.9. The second kappa shape index (κ2) is 8.43. The van der Waals surface area contributed by atoms with Gasteiger partial charge in [-0.15, -0.1) is 10.2 Å². The van der Waals surface area contributed by atoms with E-state index in [1.165, 1.54) is 0 Å². The number of aryl methyl sites for hydroxylation is 1. The Kier molecular flexibility index (Phi) is 5.69. The number of amides is 1. The van der Waals surface area contributed by atoms with Crippen LogP contribution < -0.4 is 4.74 Å². The van der Waals surface area contributed by atoms with Crippen LogP contribution in [0.15, 0.2) is 51.3 Å². The molecule has 0 aliphatic carbocycles. The average Bonchev–Trinajstić information content (AvgIpc) is 3.36. The minimum Gasteiger partial charge on any atom is -0.497 e. The molecule has 0 bridgehead atoms. The lowest BCUT2D eigenvalue weighted by Gasteiger charge is -2.24. The maximum absolute atomic E-state index is 13.4. The molecule has 7 nitrogen and oxygen atoms in total. The number of methoxy groups -OCH3 is 1. The van der Waals surface area contributed by atoms with Crippen LogP contribution in [0.4, 0.5) is 0 Å². The van der Waals surface area contributed by atoms with Crippen molar-refractivity contribution in [3.05, 3.63) is 64.7 Å². The lowest BCUT2D eigenvalue weighted by molar-refractivity contribution is 0.0641. The highest BCUT2D eigenvalue weighted by molar-refractivity contribution is 6.33. The number of hydrogen-bond acceptors (Lipinski definition) is 6. The predicted molar refractivity (Wildman–Crippen MR) is 117 cm³/mol. The van der Waals surface area contributed by atoms with Gasteiger partial charge in [-0.2, -0.15) is 0 Å². The van der Waals surface area contributed by atoms with Gasteiger partial charge in [-0.05, 0) is 51.1 Å². The van der Waals surface area contributed by atoms with Crippen molar-refractivity contribution in [2.75, 3.05) is 7.11 Å². The highest BCUT2D eigenvalue weighted by atomic mass is 35.5. The van der Waals surface area contributed by atoms with Crippen LogP contribution in [0.25, 0.3) is 22.4 Å². The third kappa shape index (κ3) is 4.01. The van der Waals surface area contributed by atoms with Crippen molar-refractivity contribution in [2.24, 2.45) is 0 Å². The maximum Gasteiger partial charge on any atom is 0.290 e. The summed E-state index contributed by atoms with van der Waals surface area (Å²) in [6.07, 6.45) is 0. The summed E-state index contributed by atoms with van der Waals surface area (Å²) in [5.41, 5.74) is 2.03. The van der Waals surface area contributed by atoms with Gasteiger partial charge in [0.2, 0.25) is 11.8 Å². The molecule has 4 aromatic rings. The molecule has 160 valence electrons. The molecular weight excluding hydrogens is 418 g/mol. The molecule has 2 aromatic heterocycles. The molecule has 0 aliphatic rings. The Morgan fingerprint density at radius 3 is 2.65 bits per heavy atom. The van der Waals surface area contributed by atoms with Gasteiger partial charge >= 0.3 is 0 Å². The number of benzene rings is 2. The molecule has 0 spiro atoms. The number of halogens is 1. The van der Waals surface area contributed by atoms with E-state index in [-0.39, 0.29) is 24.3 Å². The largest absolute Gasteiger partial charge is 0.497 e. The number of rotatable bonds is 6. The van der Waals surface area contributed by atoms with Crippen molar-refractivity contribution in [3.63, 3.8) is 0 Å². The van der Waals surface area contributed by atoms with Crippen LogP contribution in [-0.2, 0) is 6.54 Å². The zero-order valence-corrected chi connectivity index (χ0v) is 18.4. The lowest BCUT2D eigenvalue weighted by atomic mass is 10.1. The van der Waals surface area contributed by atoms with E-state index in [1.54, 1.807) is 36.3 Å². The van der Waals surface area contributed by atoms with Gasteiger partial charge in [0.15, 0.2) is 5.76 Å². The first-order valence-corrected chi connectivity index (χ1v) is 10.2. The van der Waals surface area contributed by atoms with Gasteiger partial charge in [0, 0.05) is 17.0 Å². The molecule has 0 fully saturated rings. The van der Waals surface area contributed by atoms with Crippen LogP contribution in [0.2, 0.25) is 5.02 Å².